The number of halogens is 1. The first-order valence-corrected chi connectivity index (χ1v) is 10.7. The van der Waals surface area contributed by atoms with Gasteiger partial charge in [-0.2, -0.15) is 0 Å². The molecule has 0 atom stereocenters. The molecule has 0 aliphatic rings. The highest BCUT2D eigenvalue weighted by Crippen LogP contribution is 2.20. The molecule has 0 saturated heterocycles. The zero-order chi connectivity index (χ0) is 22.1. The number of aryl methyl sites for hydroxylation is 1. The Balaban J connectivity index is 1.69. The second-order valence-electron chi connectivity index (χ2n) is 6.12. The van der Waals surface area contributed by atoms with Gasteiger partial charge in [-0.05, 0) is 55.0 Å². The van der Waals surface area contributed by atoms with Crippen LogP contribution in [0.25, 0.3) is 0 Å². The van der Waals surface area contributed by atoms with E-state index >= 15 is 0 Å². The van der Waals surface area contributed by atoms with Crippen molar-refractivity contribution in [3.05, 3.63) is 53.1 Å². The number of methoxy groups -OCH3 is 1. The third-order valence-electron chi connectivity index (χ3n) is 3.85. The van der Waals surface area contributed by atoms with Crippen LogP contribution in [-0.4, -0.2) is 40.5 Å². The van der Waals surface area contributed by atoms with Crippen LogP contribution in [0.1, 0.15) is 12.0 Å². The fourth-order valence-corrected chi connectivity index (χ4v) is 3.38. The minimum Gasteiger partial charge on any atom is -0.497 e. The van der Waals surface area contributed by atoms with Crippen LogP contribution in [0.4, 0.5) is 0 Å². The summed E-state index contributed by atoms with van der Waals surface area (Å²) in [5.41, 5.74) is 5.18. The number of rotatable bonds is 9. The highest BCUT2D eigenvalue weighted by molar-refractivity contribution is 7.89. The Bertz CT molecular complexity index is 996. The highest BCUT2D eigenvalue weighted by atomic mass is 35.5. The molecule has 9 nitrogen and oxygen atoms in total. The van der Waals surface area contributed by atoms with E-state index in [0.29, 0.717) is 16.5 Å². The maximum atomic E-state index is 12.2. The number of benzene rings is 2. The number of ether oxygens (including phenoxy) is 2. The number of hydrogen-bond acceptors (Lipinski definition) is 6. The van der Waals surface area contributed by atoms with Crippen molar-refractivity contribution in [1.29, 1.82) is 0 Å². The van der Waals surface area contributed by atoms with Gasteiger partial charge in [0.1, 0.15) is 11.5 Å². The number of nitrogens with one attached hydrogen (secondary N) is 3. The third-order valence-corrected chi connectivity index (χ3v) is 5.76. The van der Waals surface area contributed by atoms with E-state index in [1.54, 1.807) is 25.1 Å². The topological polar surface area (TPSA) is 123 Å². The Morgan fingerprint density at radius 3 is 2.27 bits per heavy atom. The lowest BCUT2D eigenvalue weighted by atomic mass is 10.2. The van der Waals surface area contributed by atoms with E-state index < -0.39 is 21.8 Å². The molecule has 30 heavy (non-hydrogen) atoms. The molecule has 0 aliphatic heterocycles. The van der Waals surface area contributed by atoms with E-state index in [-0.39, 0.29) is 24.5 Å². The van der Waals surface area contributed by atoms with Crippen LogP contribution >= 0.6 is 11.6 Å². The van der Waals surface area contributed by atoms with Crippen molar-refractivity contribution >= 4 is 33.4 Å². The molecule has 162 valence electrons. The second kappa shape index (κ2) is 10.8. The van der Waals surface area contributed by atoms with Crippen molar-refractivity contribution in [2.24, 2.45) is 0 Å². The number of hydrogen-bond donors (Lipinski definition) is 3. The van der Waals surface area contributed by atoms with E-state index in [4.69, 9.17) is 21.1 Å². The van der Waals surface area contributed by atoms with Gasteiger partial charge < -0.3 is 9.47 Å². The number of carbonyl (C=O) groups is 2. The molecule has 0 aromatic heterocycles. The van der Waals surface area contributed by atoms with Gasteiger partial charge in [0, 0.05) is 18.0 Å². The lowest BCUT2D eigenvalue weighted by molar-refractivity contribution is -0.129. The van der Waals surface area contributed by atoms with E-state index in [9.17, 15) is 18.0 Å². The first-order valence-electron chi connectivity index (χ1n) is 8.81. The van der Waals surface area contributed by atoms with E-state index in [1.807, 2.05) is 0 Å². The Kier molecular flexibility index (Phi) is 8.46. The maximum Gasteiger partial charge on any atom is 0.276 e. The molecular weight excluding hydrogens is 434 g/mol. The largest absolute Gasteiger partial charge is 0.497 e. The monoisotopic (exact) mass is 455 g/mol. The summed E-state index contributed by atoms with van der Waals surface area (Å²) in [4.78, 5) is 23.6. The van der Waals surface area contributed by atoms with Crippen molar-refractivity contribution < 1.29 is 27.5 Å². The van der Waals surface area contributed by atoms with Gasteiger partial charge in [0.25, 0.3) is 5.91 Å². The SMILES string of the molecule is COc1ccc(S(=O)(=O)NCCC(=O)NNC(=O)COc2ccc(Cl)c(C)c2)cc1. The van der Waals surface area contributed by atoms with Gasteiger partial charge in [0.05, 0.1) is 12.0 Å². The maximum absolute atomic E-state index is 12.2. The standard InChI is InChI=1S/C19H22ClN3O6S/c1-13-11-15(5-8-17(13)20)29-12-19(25)23-22-18(24)9-10-21-30(26,27)16-6-3-14(28-2)4-7-16/h3-8,11,21H,9-10,12H2,1-2H3,(H,22,24)(H,23,25). The summed E-state index contributed by atoms with van der Waals surface area (Å²) in [5, 5.41) is 0.585. The minimum absolute atomic E-state index is 0.0478. The molecule has 0 bridgehead atoms. The van der Waals surface area contributed by atoms with Crippen molar-refractivity contribution in [3.63, 3.8) is 0 Å². The first kappa shape index (κ1) is 23.5. The molecule has 0 saturated carbocycles. The molecule has 3 N–H and O–H groups in total. The van der Waals surface area contributed by atoms with Gasteiger partial charge in [0.2, 0.25) is 15.9 Å². The summed E-state index contributed by atoms with van der Waals surface area (Å²) >= 11 is 5.91. The molecule has 0 aliphatic carbocycles. The van der Waals surface area contributed by atoms with Crippen molar-refractivity contribution in [1.82, 2.24) is 15.6 Å². The zero-order valence-electron chi connectivity index (χ0n) is 16.4. The Hall–Kier alpha value is -2.82. The quantitative estimate of drug-likeness (QED) is 0.493. The summed E-state index contributed by atoms with van der Waals surface area (Å²) in [5.74, 6) is -0.150. The number of sulfonamides is 1. The number of hydrazine groups is 1. The smallest absolute Gasteiger partial charge is 0.276 e. The van der Waals surface area contributed by atoms with Gasteiger partial charge in [-0.3, -0.25) is 20.4 Å². The fraction of sp³-hybridized carbons (Fsp3) is 0.263. The van der Waals surface area contributed by atoms with Gasteiger partial charge >= 0.3 is 0 Å². The molecule has 2 aromatic carbocycles. The summed E-state index contributed by atoms with van der Waals surface area (Å²) in [6.07, 6.45) is -0.174. The first-order chi connectivity index (χ1) is 14.2. The Morgan fingerprint density at radius 1 is 1.00 bits per heavy atom. The fourth-order valence-electron chi connectivity index (χ4n) is 2.23. The molecule has 2 rings (SSSR count). The molecule has 0 spiro atoms. The van der Waals surface area contributed by atoms with E-state index in [2.05, 4.69) is 15.6 Å². The van der Waals surface area contributed by atoms with Gasteiger partial charge in [-0.1, -0.05) is 11.6 Å². The van der Waals surface area contributed by atoms with Gasteiger partial charge in [-0.15, -0.1) is 0 Å². The van der Waals surface area contributed by atoms with Crippen LogP contribution in [0.5, 0.6) is 11.5 Å². The van der Waals surface area contributed by atoms with Gasteiger partial charge in [-0.25, -0.2) is 13.1 Å². The van der Waals surface area contributed by atoms with Crippen LogP contribution in [0.15, 0.2) is 47.4 Å². The normalized spacial score (nSPS) is 10.9. The summed E-state index contributed by atoms with van der Waals surface area (Å²) in [6, 6.07) is 10.8. The van der Waals surface area contributed by atoms with Crippen molar-refractivity contribution in [3.8, 4) is 11.5 Å². The van der Waals surface area contributed by atoms with E-state index in [1.165, 1.54) is 31.4 Å². The van der Waals surface area contributed by atoms with Gasteiger partial charge in [0.15, 0.2) is 6.61 Å². The minimum atomic E-state index is -3.76. The molecule has 0 fully saturated rings. The highest BCUT2D eigenvalue weighted by Gasteiger charge is 2.14. The predicted octanol–water partition coefficient (Wildman–Crippen LogP) is 1.55. The van der Waals surface area contributed by atoms with Crippen LogP contribution in [0.2, 0.25) is 5.02 Å². The summed E-state index contributed by atoms with van der Waals surface area (Å²) in [7, 11) is -2.28. The average Bonchev–Trinajstić information content (AvgIpc) is 2.73. The third kappa shape index (κ3) is 7.21. The zero-order valence-corrected chi connectivity index (χ0v) is 18.0. The molecule has 2 aromatic rings. The summed E-state index contributed by atoms with van der Waals surface area (Å²) in [6.45, 7) is 1.35. The van der Waals surface area contributed by atoms with Crippen LogP contribution < -0.4 is 25.0 Å². The molecular formula is C19H22ClN3O6S. The van der Waals surface area contributed by atoms with Crippen LogP contribution in [0, 0.1) is 6.92 Å². The van der Waals surface area contributed by atoms with Crippen LogP contribution in [-0.2, 0) is 19.6 Å². The number of carbonyl (C=O) groups excluding carboxylic acids is 2. The Morgan fingerprint density at radius 2 is 1.63 bits per heavy atom. The lowest BCUT2D eigenvalue weighted by Crippen LogP contribution is -2.44. The average molecular weight is 456 g/mol. The second-order valence-corrected chi connectivity index (χ2v) is 8.29. The molecule has 0 radical (unpaired) electrons. The van der Waals surface area contributed by atoms with Crippen molar-refractivity contribution in [2.45, 2.75) is 18.2 Å². The molecule has 0 unspecified atom stereocenters. The van der Waals surface area contributed by atoms with E-state index in [0.717, 1.165) is 5.56 Å². The predicted molar refractivity (Wildman–Crippen MR) is 111 cm³/mol. The van der Waals surface area contributed by atoms with Crippen LogP contribution in [0.3, 0.4) is 0 Å². The van der Waals surface area contributed by atoms with Crippen molar-refractivity contribution in [2.75, 3.05) is 20.3 Å². The Labute approximate surface area is 179 Å². The number of amides is 2. The molecule has 2 amide bonds. The molecule has 0 heterocycles. The molecule has 11 heteroatoms. The lowest BCUT2D eigenvalue weighted by Gasteiger charge is -2.10. The summed E-state index contributed by atoms with van der Waals surface area (Å²) < 4.78 is 36.9.